The van der Waals surface area contributed by atoms with Crippen molar-refractivity contribution >= 4 is 43.5 Å². The van der Waals surface area contributed by atoms with E-state index >= 15 is 0 Å². The molecule has 0 aliphatic rings. The van der Waals surface area contributed by atoms with Gasteiger partial charge in [-0.25, -0.2) is 13.6 Å². The third-order valence-electron chi connectivity index (χ3n) is 2.76. The van der Waals surface area contributed by atoms with Crippen LogP contribution in [-0.4, -0.2) is 11.1 Å². The highest BCUT2D eigenvalue weighted by Crippen LogP contribution is 2.25. The summed E-state index contributed by atoms with van der Waals surface area (Å²) in [7, 11) is 0. The van der Waals surface area contributed by atoms with Gasteiger partial charge in [-0.1, -0.05) is 37.9 Å². The quantitative estimate of drug-likeness (QED) is 0.746. The fourth-order valence-electron chi connectivity index (χ4n) is 1.72. The second kappa shape index (κ2) is 6.53. The van der Waals surface area contributed by atoms with E-state index in [2.05, 4.69) is 37.2 Å². The zero-order chi connectivity index (χ0) is 15.6. The highest BCUT2D eigenvalue weighted by Gasteiger charge is 2.12. The number of rotatable bonds is 4. The van der Waals surface area contributed by atoms with Crippen LogP contribution in [-0.2, 0) is 6.54 Å². The van der Waals surface area contributed by atoms with E-state index in [0.717, 1.165) is 12.1 Å². The lowest BCUT2D eigenvalue weighted by molar-refractivity contribution is 0.0697. The normalized spacial score (nSPS) is 10.5. The first-order valence-corrected chi connectivity index (χ1v) is 7.37. The lowest BCUT2D eigenvalue weighted by atomic mass is 10.1. The molecular weight excluding hydrogens is 412 g/mol. The smallest absolute Gasteiger partial charge is 0.335 e. The predicted octanol–water partition coefficient (Wildman–Crippen LogP) is 4.80. The Labute approximate surface area is 136 Å². The molecule has 0 aliphatic carbocycles. The molecule has 0 heterocycles. The summed E-state index contributed by atoms with van der Waals surface area (Å²) in [5, 5.41) is 11.5. The number of hydrogen-bond acceptors (Lipinski definition) is 2. The van der Waals surface area contributed by atoms with E-state index in [-0.39, 0.29) is 17.8 Å². The molecule has 0 atom stereocenters. The number of carboxylic acid groups (broad SMARTS) is 1. The second-order valence-electron chi connectivity index (χ2n) is 4.21. The molecule has 110 valence electrons. The van der Waals surface area contributed by atoms with Crippen molar-refractivity contribution in [3.63, 3.8) is 0 Å². The topological polar surface area (TPSA) is 49.3 Å². The zero-order valence-corrected chi connectivity index (χ0v) is 13.6. The maximum Gasteiger partial charge on any atom is 0.335 e. The Balaban J connectivity index is 2.19. The van der Waals surface area contributed by atoms with Crippen LogP contribution >= 0.6 is 31.9 Å². The highest BCUT2D eigenvalue weighted by atomic mass is 79.9. The van der Waals surface area contributed by atoms with Gasteiger partial charge in [-0.2, -0.15) is 0 Å². The van der Waals surface area contributed by atoms with Crippen molar-refractivity contribution in [2.45, 2.75) is 6.54 Å². The van der Waals surface area contributed by atoms with Crippen LogP contribution < -0.4 is 5.32 Å². The van der Waals surface area contributed by atoms with Gasteiger partial charge in [0.2, 0.25) is 0 Å². The fraction of sp³-hybridized carbons (Fsp3) is 0.0714. The van der Waals surface area contributed by atoms with Crippen LogP contribution in [0.2, 0.25) is 0 Å². The molecule has 0 spiro atoms. The number of anilines is 1. The number of carboxylic acids is 1. The van der Waals surface area contributed by atoms with Gasteiger partial charge in [0.1, 0.15) is 17.3 Å². The van der Waals surface area contributed by atoms with Crippen molar-refractivity contribution in [2.24, 2.45) is 0 Å². The number of nitrogens with one attached hydrogen (secondary N) is 1. The molecule has 7 heteroatoms. The number of hydrogen-bond donors (Lipinski definition) is 2. The number of benzene rings is 2. The minimum atomic E-state index is -1.04. The van der Waals surface area contributed by atoms with Crippen molar-refractivity contribution in [2.75, 3.05) is 5.32 Å². The SMILES string of the molecule is O=C(O)c1ccc(CNc2c(F)cc(Br)cc2F)c(Br)c1. The van der Waals surface area contributed by atoms with Crippen molar-refractivity contribution in [1.29, 1.82) is 0 Å². The summed E-state index contributed by atoms with van der Waals surface area (Å²) in [5.74, 6) is -2.46. The van der Waals surface area contributed by atoms with Gasteiger partial charge >= 0.3 is 5.97 Å². The molecule has 0 bridgehead atoms. The first-order chi connectivity index (χ1) is 9.88. The molecule has 3 nitrogen and oxygen atoms in total. The van der Waals surface area contributed by atoms with Crippen LogP contribution in [0.1, 0.15) is 15.9 Å². The minimum absolute atomic E-state index is 0.131. The molecule has 2 aromatic rings. The van der Waals surface area contributed by atoms with Gasteiger partial charge in [0, 0.05) is 15.5 Å². The molecule has 0 fully saturated rings. The van der Waals surface area contributed by atoms with Gasteiger partial charge in [-0.05, 0) is 29.8 Å². The average Bonchev–Trinajstić information content (AvgIpc) is 2.38. The third-order valence-corrected chi connectivity index (χ3v) is 3.96. The van der Waals surface area contributed by atoms with Crippen LogP contribution in [0.3, 0.4) is 0 Å². The van der Waals surface area contributed by atoms with Gasteiger partial charge in [0.15, 0.2) is 0 Å². The van der Waals surface area contributed by atoms with Crippen LogP contribution in [0.4, 0.5) is 14.5 Å². The third kappa shape index (κ3) is 3.79. The summed E-state index contributed by atoms with van der Waals surface area (Å²) >= 11 is 6.24. The first-order valence-electron chi connectivity index (χ1n) is 5.78. The minimum Gasteiger partial charge on any atom is -0.478 e. The Hall–Kier alpha value is -1.47. The molecule has 2 N–H and O–H groups in total. The average molecular weight is 421 g/mol. The number of aromatic carboxylic acids is 1. The monoisotopic (exact) mass is 419 g/mol. The molecule has 0 saturated carbocycles. The molecule has 2 rings (SSSR count). The number of halogens is 4. The summed E-state index contributed by atoms with van der Waals surface area (Å²) in [6, 6.07) is 6.77. The fourth-order valence-corrected chi connectivity index (χ4v) is 2.64. The van der Waals surface area contributed by atoms with E-state index in [0.29, 0.717) is 14.5 Å². The van der Waals surface area contributed by atoms with E-state index in [1.165, 1.54) is 12.1 Å². The van der Waals surface area contributed by atoms with Crippen molar-refractivity contribution in [3.8, 4) is 0 Å². The van der Waals surface area contributed by atoms with Gasteiger partial charge in [-0.15, -0.1) is 0 Å². The summed E-state index contributed by atoms with van der Waals surface area (Å²) in [4.78, 5) is 10.8. The molecule has 0 aromatic heterocycles. The van der Waals surface area contributed by atoms with E-state index in [4.69, 9.17) is 5.11 Å². The van der Waals surface area contributed by atoms with Gasteiger partial charge in [-0.3, -0.25) is 0 Å². The van der Waals surface area contributed by atoms with Crippen LogP contribution in [0.15, 0.2) is 39.3 Å². The van der Waals surface area contributed by atoms with Crippen LogP contribution in [0.5, 0.6) is 0 Å². The second-order valence-corrected chi connectivity index (χ2v) is 5.98. The summed E-state index contributed by atoms with van der Waals surface area (Å²) in [6.07, 6.45) is 0. The summed E-state index contributed by atoms with van der Waals surface area (Å²) < 4.78 is 28.2. The maximum atomic E-state index is 13.7. The van der Waals surface area contributed by atoms with Gasteiger partial charge in [0.05, 0.1) is 5.56 Å². The molecule has 0 aliphatic heterocycles. The Bertz CT molecular complexity index is 684. The van der Waals surface area contributed by atoms with Crippen LogP contribution in [0.25, 0.3) is 0 Å². The maximum absolute atomic E-state index is 13.7. The van der Waals surface area contributed by atoms with E-state index < -0.39 is 17.6 Å². The Kier molecular flexibility index (Phi) is 4.95. The molecular formula is C14H9Br2F2NO2. The van der Waals surface area contributed by atoms with Crippen molar-refractivity contribution < 1.29 is 18.7 Å². The summed E-state index contributed by atoms with van der Waals surface area (Å²) in [6.45, 7) is 0.149. The molecule has 2 aromatic carbocycles. The lowest BCUT2D eigenvalue weighted by Crippen LogP contribution is -2.05. The first kappa shape index (κ1) is 15.9. The summed E-state index contributed by atoms with van der Waals surface area (Å²) in [5.41, 5.74) is 0.584. The predicted molar refractivity (Wildman–Crippen MR) is 82.5 cm³/mol. The van der Waals surface area contributed by atoms with Gasteiger partial charge in [0.25, 0.3) is 0 Å². The Morgan fingerprint density at radius 1 is 1.14 bits per heavy atom. The Morgan fingerprint density at radius 2 is 1.76 bits per heavy atom. The van der Waals surface area contributed by atoms with Gasteiger partial charge < -0.3 is 10.4 Å². The highest BCUT2D eigenvalue weighted by molar-refractivity contribution is 9.10. The van der Waals surface area contributed by atoms with E-state index in [9.17, 15) is 13.6 Å². The lowest BCUT2D eigenvalue weighted by Gasteiger charge is -2.11. The standard InChI is InChI=1S/C14H9Br2F2NO2/c15-9-4-11(17)13(12(18)5-9)19-6-8-2-1-7(14(20)21)3-10(8)16/h1-5,19H,6H2,(H,20,21). The number of carbonyl (C=O) groups is 1. The van der Waals surface area contributed by atoms with Crippen LogP contribution in [0, 0.1) is 11.6 Å². The molecule has 0 saturated heterocycles. The van der Waals surface area contributed by atoms with E-state index in [1.54, 1.807) is 6.07 Å². The van der Waals surface area contributed by atoms with Crippen molar-refractivity contribution in [1.82, 2.24) is 0 Å². The molecule has 21 heavy (non-hydrogen) atoms. The van der Waals surface area contributed by atoms with Crippen molar-refractivity contribution in [3.05, 3.63) is 62.0 Å². The largest absolute Gasteiger partial charge is 0.478 e. The Morgan fingerprint density at radius 3 is 2.29 bits per heavy atom. The van der Waals surface area contributed by atoms with E-state index in [1.807, 2.05) is 0 Å². The zero-order valence-electron chi connectivity index (χ0n) is 10.5. The molecule has 0 amide bonds. The molecule has 0 radical (unpaired) electrons. The molecule has 0 unspecified atom stereocenters.